The van der Waals surface area contributed by atoms with E-state index in [4.69, 9.17) is 9.84 Å². The summed E-state index contributed by atoms with van der Waals surface area (Å²) in [6, 6.07) is 0. The molecule has 0 spiro atoms. The average Bonchev–Trinajstić information content (AvgIpc) is 2.70. The van der Waals surface area contributed by atoms with E-state index in [1.165, 1.54) is 0 Å². The summed E-state index contributed by atoms with van der Waals surface area (Å²) < 4.78 is 8.52. The van der Waals surface area contributed by atoms with Gasteiger partial charge in [-0.1, -0.05) is 4.49 Å². The Morgan fingerprint density at radius 3 is 3.14 bits per heavy atom. The van der Waals surface area contributed by atoms with Gasteiger partial charge >= 0.3 is 0 Å². The molecular weight excluding hydrogens is 206 g/mol. The number of aliphatic hydroxyl groups excluding tert-OH is 1. The first-order valence-corrected chi connectivity index (χ1v) is 4.92. The highest BCUT2D eigenvalue weighted by atomic mass is 32.1. The number of aromatic nitrogens is 2. The number of carbonyl (C=O) groups is 1. The Bertz CT molecular complexity index is 265. The summed E-state index contributed by atoms with van der Waals surface area (Å²) in [4.78, 5) is 11.2. The maximum absolute atomic E-state index is 11.2. The van der Waals surface area contributed by atoms with Gasteiger partial charge in [-0.2, -0.15) is 0 Å². The molecule has 1 aromatic heterocycles. The standard InChI is InChI=1S/C7H11N3O3S/c11-2-4-13-3-1-8-7(12)6-5-14-10-9-6/h5,11H,1-4H2,(H,8,12). The quantitative estimate of drug-likeness (QED) is 0.614. The van der Waals surface area contributed by atoms with Gasteiger partial charge in [-0.15, -0.1) is 5.10 Å². The first-order valence-electron chi connectivity index (χ1n) is 4.08. The van der Waals surface area contributed by atoms with E-state index in [0.29, 0.717) is 18.8 Å². The number of ether oxygens (including phenoxy) is 1. The molecule has 0 aromatic carbocycles. The molecule has 0 atom stereocenters. The molecule has 78 valence electrons. The Balaban J connectivity index is 2.10. The summed E-state index contributed by atoms with van der Waals surface area (Å²) in [7, 11) is 0. The lowest BCUT2D eigenvalue weighted by atomic mass is 10.4. The molecule has 0 saturated heterocycles. The molecule has 1 aromatic rings. The molecule has 1 heterocycles. The van der Waals surface area contributed by atoms with Crippen molar-refractivity contribution in [3.05, 3.63) is 11.1 Å². The number of hydrogen-bond donors (Lipinski definition) is 2. The summed E-state index contributed by atoms with van der Waals surface area (Å²) in [6.45, 7) is 1.05. The van der Waals surface area contributed by atoms with Crippen LogP contribution in [0.1, 0.15) is 10.5 Å². The molecule has 7 heteroatoms. The molecule has 0 radical (unpaired) electrons. The summed E-state index contributed by atoms with van der Waals surface area (Å²) in [5, 5.41) is 16.2. The lowest BCUT2D eigenvalue weighted by Crippen LogP contribution is -2.27. The molecule has 0 unspecified atom stereocenters. The number of nitrogens with one attached hydrogen (secondary N) is 1. The Kier molecular flexibility index (Phi) is 5.05. The van der Waals surface area contributed by atoms with Crippen molar-refractivity contribution >= 4 is 17.4 Å². The van der Waals surface area contributed by atoms with E-state index in [-0.39, 0.29) is 19.1 Å². The van der Waals surface area contributed by atoms with Gasteiger partial charge in [0.2, 0.25) is 0 Å². The minimum Gasteiger partial charge on any atom is -0.394 e. The zero-order valence-electron chi connectivity index (χ0n) is 7.47. The zero-order chi connectivity index (χ0) is 10.2. The van der Waals surface area contributed by atoms with Gasteiger partial charge in [0, 0.05) is 11.9 Å². The summed E-state index contributed by atoms with van der Waals surface area (Å²) in [5.41, 5.74) is 0.317. The van der Waals surface area contributed by atoms with Crippen LogP contribution in [0.25, 0.3) is 0 Å². The molecule has 0 bridgehead atoms. The van der Waals surface area contributed by atoms with Crippen LogP contribution in [0.4, 0.5) is 0 Å². The van der Waals surface area contributed by atoms with E-state index >= 15 is 0 Å². The van der Waals surface area contributed by atoms with Crippen LogP contribution in [0.15, 0.2) is 5.38 Å². The first kappa shape index (κ1) is 11.0. The van der Waals surface area contributed by atoms with E-state index in [1.807, 2.05) is 0 Å². The molecule has 1 amide bonds. The molecular formula is C7H11N3O3S. The van der Waals surface area contributed by atoms with Crippen LogP contribution in [0.3, 0.4) is 0 Å². The second-order valence-corrected chi connectivity index (χ2v) is 2.99. The van der Waals surface area contributed by atoms with Crippen LogP contribution in [-0.2, 0) is 4.74 Å². The smallest absolute Gasteiger partial charge is 0.272 e. The number of nitrogens with zero attached hydrogens (tertiary/aromatic N) is 2. The van der Waals surface area contributed by atoms with Crippen molar-refractivity contribution in [3.63, 3.8) is 0 Å². The third kappa shape index (κ3) is 3.77. The van der Waals surface area contributed by atoms with Crippen LogP contribution in [0.5, 0.6) is 0 Å². The van der Waals surface area contributed by atoms with E-state index in [0.717, 1.165) is 11.5 Å². The lowest BCUT2D eigenvalue weighted by Gasteiger charge is -2.02. The molecule has 0 aliphatic carbocycles. The van der Waals surface area contributed by atoms with E-state index in [1.54, 1.807) is 5.38 Å². The molecule has 0 aliphatic rings. The van der Waals surface area contributed by atoms with Gasteiger partial charge in [0.15, 0.2) is 5.69 Å². The summed E-state index contributed by atoms with van der Waals surface area (Å²) >= 11 is 1.13. The maximum atomic E-state index is 11.2. The predicted octanol–water partition coefficient (Wildman–Crippen LogP) is -0.723. The summed E-state index contributed by atoms with van der Waals surface area (Å²) in [5.74, 6) is -0.258. The molecule has 6 nitrogen and oxygen atoms in total. The van der Waals surface area contributed by atoms with Crippen molar-refractivity contribution < 1.29 is 14.6 Å². The van der Waals surface area contributed by atoms with Gasteiger partial charge in [-0.3, -0.25) is 4.79 Å². The van der Waals surface area contributed by atoms with E-state index in [9.17, 15) is 4.79 Å². The minimum atomic E-state index is -0.258. The average molecular weight is 217 g/mol. The van der Waals surface area contributed by atoms with Gasteiger partial charge < -0.3 is 15.2 Å². The largest absolute Gasteiger partial charge is 0.394 e. The second-order valence-electron chi connectivity index (χ2n) is 2.38. The molecule has 1 rings (SSSR count). The van der Waals surface area contributed by atoms with Crippen molar-refractivity contribution in [1.29, 1.82) is 0 Å². The van der Waals surface area contributed by atoms with Crippen molar-refractivity contribution in [2.24, 2.45) is 0 Å². The normalized spacial score (nSPS) is 10.1. The van der Waals surface area contributed by atoms with Crippen LogP contribution in [0.2, 0.25) is 0 Å². The fourth-order valence-electron chi connectivity index (χ4n) is 0.757. The van der Waals surface area contributed by atoms with Crippen LogP contribution in [0, 0.1) is 0 Å². The third-order valence-electron chi connectivity index (χ3n) is 1.36. The second kappa shape index (κ2) is 6.41. The van der Waals surface area contributed by atoms with Gasteiger partial charge in [0.05, 0.1) is 19.8 Å². The van der Waals surface area contributed by atoms with Crippen molar-refractivity contribution in [1.82, 2.24) is 14.9 Å². The van der Waals surface area contributed by atoms with Crippen molar-refractivity contribution in [3.8, 4) is 0 Å². The highest BCUT2D eigenvalue weighted by Crippen LogP contribution is 1.95. The minimum absolute atomic E-state index is 0.00997. The molecule has 0 fully saturated rings. The van der Waals surface area contributed by atoms with Crippen molar-refractivity contribution in [2.75, 3.05) is 26.4 Å². The molecule has 2 N–H and O–H groups in total. The van der Waals surface area contributed by atoms with Crippen molar-refractivity contribution in [2.45, 2.75) is 0 Å². The maximum Gasteiger partial charge on any atom is 0.272 e. The highest BCUT2D eigenvalue weighted by molar-refractivity contribution is 7.03. The number of hydrogen-bond acceptors (Lipinski definition) is 6. The summed E-state index contributed by atoms with van der Waals surface area (Å²) in [6.07, 6.45) is 0. The van der Waals surface area contributed by atoms with Gasteiger partial charge in [0.1, 0.15) is 0 Å². The lowest BCUT2D eigenvalue weighted by molar-refractivity contribution is 0.0835. The predicted molar refractivity (Wildman–Crippen MR) is 50.1 cm³/mol. The van der Waals surface area contributed by atoms with Gasteiger partial charge in [0.25, 0.3) is 5.91 Å². The Morgan fingerprint density at radius 1 is 1.64 bits per heavy atom. The topological polar surface area (TPSA) is 84.3 Å². The van der Waals surface area contributed by atoms with E-state index in [2.05, 4.69) is 14.9 Å². The van der Waals surface area contributed by atoms with Gasteiger partial charge in [-0.25, -0.2) is 0 Å². The first-order chi connectivity index (χ1) is 6.84. The molecule has 0 aliphatic heterocycles. The number of amides is 1. The van der Waals surface area contributed by atoms with Crippen LogP contribution in [-0.4, -0.2) is 47.0 Å². The van der Waals surface area contributed by atoms with Crippen LogP contribution >= 0.6 is 11.5 Å². The fourth-order valence-corrected chi connectivity index (χ4v) is 1.19. The zero-order valence-corrected chi connectivity index (χ0v) is 8.29. The monoisotopic (exact) mass is 217 g/mol. The molecule has 14 heavy (non-hydrogen) atoms. The number of aliphatic hydroxyl groups is 1. The Labute approximate surface area is 85.1 Å². The number of carbonyl (C=O) groups excluding carboxylic acids is 1. The SMILES string of the molecule is O=C(NCCOCCO)c1csnn1. The Hall–Kier alpha value is -1.05. The van der Waals surface area contributed by atoms with E-state index < -0.39 is 0 Å². The fraction of sp³-hybridized carbons (Fsp3) is 0.571. The van der Waals surface area contributed by atoms with Crippen LogP contribution < -0.4 is 5.32 Å². The number of rotatable bonds is 6. The Morgan fingerprint density at radius 2 is 2.50 bits per heavy atom. The third-order valence-corrected chi connectivity index (χ3v) is 1.86. The van der Waals surface area contributed by atoms with Gasteiger partial charge in [-0.05, 0) is 11.5 Å². The molecule has 0 saturated carbocycles. The highest BCUT2D eigenvalue weighted by Gasteiger charge is 2.06.